The largest absolute Gasteiger partial charge is 0.347 e. The highest BCUT2D eigenvalue weighted by molar-refractivity contribution is 5.92. The van der Waals surface area contributed by atoms with Gasteiger partial charge in [-0.25, -0.2) is 0 Å². The number of rotatable bonds is 5. The van der Waals surface area contributed by atoms with Gasteiger partial charge in [-0.3, -0.25) is 4.79 Å². The summed E-state index contributed by atoms with van der Waals surface area (Å²) in [5, 5.41) is 22.9. The van der Waals surface area contributed by atoms with Gasteiger partial charge in [0.15, 0.2) is 11.5 Å². The van der Waals surface area contributed by atoms with Crippen LogP contribution in [0.3, 0.4) is 0 Å². The number of aryl methyl sites for hydroxylation is 1. The fraction of sp³-hybridized carbons (Fsp3) is 0.100. The molecule has 0 fully saturated rings. The summed E-state index contributed by atoms with van der Waals surface area (Å²) in [5.74, 6) is 0.171. The summed E-state index contributed by atoms with van der Waals surface area (Å²) >= 11 is 0. The molecule has 0 spiro atoms. The molecule has 2 N–H and O–H groups in total. The van der Waals surface area contributed by atoms with Crippen molar-refractivity contribution in [3.8, 4) is 6.07 Å². The number of benzene rings is 2. The summed E-state index contributed by atoms with van der Waals surface area (Å²) in [5.41, 5.74) is 3.57. The lowest BCUT2D eigenvalue weighted by Gasteiger charge is -2.08. The molecule has 2 aromatic carbocycles. The van der Waals surface area contributed by atoms with Gasteiger partial charge < -0.3 is 10.6 Å². The van der Waals surface area contributed by atoms with Gasteiger partial charge in [-0.05, 0) is 36.8 Å². The number of nitrogens with zero attached hydrogens (tertiary/aromatic N) is 3. The van der Waals surface area contributed by atoms with Gasteiger partial charge in [0.1, 0.15) is 6.07 Å². The predicted octanol–water partition coefficient (Wildman–Crippen LogP) is 3.33. The van der Waals surface area contributed by atoms with Crippen molar-refractivity contribution in [3.63, 3.8) is 0 Å². The van der Waals surface area contributed by atoms with E-state index in [1.807, 2.05) is 37.3 Å². The first-order chi connectivity index (χ1) is 12.7. The number of nitrogens with one attached hydrogen (secondary N) is 2. The molecule has 6 heteroatoms. The Morgan fingerprint density at radius 1 is 1.04 bits per heavy atom. The number of para-hydroxylation sites is 1. The van der Waals surface area contributed by atoms with Gasteiger partial charge >= 0.3 is 0 Å². The average Bonchev–Trinajstić information content (AvgIpc) is 2.68. The number of carbonyl (C=O) groups is 1. The van der Waals surface area contributed by atoms with Gasteiger partial charge in [-0.1, -0.05) is 42.0 Å². The van der Waals surface area contributed by atoms with Gasteiger partial charge in [-0.2, -0.15) is 5.26 Å². The molecule has 0 radical (unpaired) electrons. The number of carbonyl (C=O) groups excluding carboxylic acids is 1. The number of aromatic nitrogens is 2. The Bertz CT molecular complexity index is 943. The second-order valence-electron chi connectivity index (χ2n) is 5.75. The zero-order valence-electron chi connectivity index (χ0n) is 14.2. The molecule has 128 valence electrons. The Kier molecular flexibility index (Phi) is 5.20. The van der Waals surface area contributed by atoms with Crippen LogP contribution in [-0.4, -0.2) is 16.1 Å². The Hall–Kier alpha value is -3.72. The number of amides is 1. The maximum Gasteiger partial charge on any atom is 0.272 e. The van der Waals surface area contributed by atoms with Crippen LogP contribution < -0.4 is 10.6 Å². The Balaban J connectivity index is 1.62. The molecule has 0 bridgehead atoms. The number of hydrogen-bond acceptors (Lipinski definition) is 5. The Morgan fingerprint density at radius 3 is 2.50 bits per heavy atom. The maximum atomic E-state index is 12.2. The third-order valence-corrected chi connectivity index (χ3v) is 3.78. The highest BCUT2D eigenvalue weighted by atomic mass is 16.1. The van der Waals surface area contributed by atoms with Crippen LogP contribution in [-0.2, 0) is 6.54 Å². The first kappa shape index (κ1) is 17.1. The van der Waals surface area contributed by atoms with Crippen LogP contribution in [0.2, 0.25) is 0 Å². The zero-order chi connectivity index (χ0) is 18.4. The molecule has 6 nitrogen and oxygen atoms in total. The monoisotopic (exact) mass is 343 g/mol. The third kappa shape index (κ3) is 4.22. The summed E-state index contributed by atoms with van der Waals surface area (Å²) in [7, 11) is 0. The minimum absolute atomic E-state index is 0.233. The lowest BCUT2D eigenvalue weighted by atomic mass is 10.1. The van der Waals surface area contributed by atoms with E-state index >= 15 is 0 Å². The zero-order valence-corrected chi connectivity index (χ0v) is 14.2. The highest BCUT2D eigenvalue weighted by Crippen LogP contribution is 2.18. The average molecular weight is 343 g/mol. The van der Waals surface area contributed by atoms with Crippen molar-refractivity contribution in [1.82, 2.24) is 15.5 Å². The lowest BCUT2D eigenvalue weighted by Crippen LogP contribution is -2.24. The van der Waals surface area contributed by atoms with Gasteiger partial charge in [0, 0.05) is 6.54 Å². The highest BCUT2D eigenvalue weighted by Gasteiger charge is 2.09. The molecule has 1 amide bonds. The van der Waals surface area contributed by atoms with Crippen molar-refractivity contribution >= 4 is 17.4 Å². The molecule has 3 rings (SSSR count). The molecule has 1 heterocycles. The van der Waals surface area contributed by atoms with Crippen LogP contribution in [0.25, 0.3) is 0 Å². The summed E-state index contributed by atoms with van der Waals surface area (Å²) in [6.45, 7) is 2.44. The quantitative estimate of drug-likeness (QED) is 0.741. The normalized spacial score (nSPS) is 10.0. The van der Waals surface area contributed by atoms with Gasteiger partial charge in [0.25, 0.3) is 5.91 Å². The molecule has 0 aliphatic carbocycles. The fourth-order valence-corrected chi connectivity index (χ4v) is 2.33. The maximum absolute atomic E-state index is 12.2. The molecular weight excluding hydrogens is 326 g/mol. The molecule has 0 atom stereocenters. The summed E-state index contributed by atoms with van der Waals surface area (Å²) in [4.78, 5) is 12.2. The second-order valence-corrected chi connectivity index (χ2v) is 5.75. The van der Waals surface area contributed by atoms with E-state index in [9.17, 15) is 4.79 Å². The minimum atomic E-state index is -0.290. The van der Waals surface area contributed by atoms with Crippen LogP contribution in [0.4, 0.5) is 11.5 Å². The molecule has 3 aromatic rings. The van der Waals surface area contributed by atoms with Crippen molar-refractivity contribution in [2.24, 2.45) is 0 Å². The molecule has 0 aliphatic heterocycles. The van der Waals surface area contributed by atoms with Crippen molar-refractivity contribution in [2.45, 2.75) is 13.5 Å². The SMILES string of the molecule is Cc1ccc(CNC(=O)c2ccc(Nc3ccccc3C#N)nn2)cc1. The fourth-order valence-electron chi connectivity index (χ4n) is 2.33. The third-order valence-electron chi connectivity index (χ3n) is 3.78. The minimum Gasteiger partial charge on any atom is -0.347 e. The summed E-state index contributed by atoms with van der Waals surface area (Å²) < 4.78 is 0. The molecule has 1 aromatic heterocycles. The molecule has 0 saturated heterocycles. The van der Waals surface area contributed by atoms with Crippen LogP contribution >= 0.6 is 0 Å². The van der Waals surface area contributed by atoms with Gasteiger partial charge in [0.05, 0.1) is 11.3 Å². The Morgan fingerprint density at radius 2 is 1.81 bits per heavy atom. The number of nitriles is 1. The standard InChI is InChI=1S/C20H17N5O/c1-14-6-8-15(9-7-14)13-22-20(26)18-10-11-19(25-24-18)23-17-5-3-2-4-16(17)12-21/h2-11H,13H2,1H3,(H,22,26)(H,23,25). The van der Waals surface area contributed by atoms with E-state index in [4.69, 9.17) is 5.26 Å². The van der Waals surface area contributed by atoms with E-state index in [2.05, 4.69) is 26.9 Å². The van der Waals surface area contributed by atoms with Crippen LogP contribution in [0.5, 0.6) is 0 Å². The van der Waals surface area contributed by atoms with Crippen molar-refractivity contribution in [2.75, 3.05) is 5.32 Å². The lowest BCUT2D eigenvalue weighted by molar-refractivity contribution is 0.0945. The predicted molar refractivity (Wildman–Crippen MR) is 98.8 cm³/mol. The first-order valence-electron chi connectivity index (χ1n) is 8.09. The number of anilines is 2. The summed E-state index contributed by atoms with van der Waals surface area (Å²) in [6, 6.07) is 20.4. The van der Waals surface area contributed by atoms with Crippen LogP contribution in [0.15, 0.2) is 60.7 Å². The van der Waals surface area contributed by atoms with Crippen molar-refractivity contribution < 1.29 is 4.79 Å². The van der Waals surface area contributed by atoms with Crippen molar-refractivity contribution in [1.29, 1.82) is 5.26 Å². The molecule has 0 aliphatic rings. The van der Waals surface area contributed by atoms with E-state index in [1.165, 1.54) is 5.56 Å². The van der Waals surface area contributed by atoms with E-state index in [0.717, 1.165) is 5.56 Å². The second kappa shape index (κ2) is 7.90. The smallest absolute Gasteiger partial charge is 0.272 e. The van der Waals surface area contributed by atoms with E-state index < -0.39 is 0 Å². The molecule has 0 saturated carbocycles. The van der Waals surface area contributed by atoms with E-state index in [0.29, 0.717) is 23.6 Å². The molecular formula is C20H17N5O. The molecule has 26 heavy (non-hydrogen) atoms. The summed E-state index contributed by atoms with van der Waals surface area (Å²) in [6.07, 6.45) is 0. The van der Waals surface area contributed by atoms with E-state index in [1.54, 1.807) is 30.3 Å². The van der Waals surface area contributed by atoms with Gasteiger partial charge in [0.2, 0.25) is 0 Å². The first-order valence-corrected chi connectivity index (χ1v) is 8.09. The Labute approximate surface area is 151 Å². The van der Waals surface area contributed by atoms with Crippen LogP contribution in [0, 0.1) is 18.3 Å². The topological polar surface area (TPSA) is 90.7 Å². The van der Waals surface area contributed by atoms with Gasteiger partial charge in [-0.15, -0.1) is 10.2 Å². The van der Waals surface area contributed by atoms with E-state index in [-0.39, 0.29) is 11.6 Å². The number of hydrogen-bond donors (Lipinski definition) is 2. The van der Waals surface area contributed by atoms with Crippen molar-refractivity contribution in [3.05, 3.63) is 83.0 Å². The molecule has 0 unspecified atom stereocenters. The van der Waals surface area contributed by atoms with Crippen LogP contribution in [0.1, 0.15) is 27.2 Å².